The summed E-state index contributed by atoms with van der Waals surface area (Å²) >= 11 is 0.951. The van der Waals surface area contributed by atoms with Crippen molar-refractivity contribution in [3.05, 3.63) is 58.7 Å². The van der Waals surface area contributed by atoms with Gasteiger partial charge in [0.05, 0.1) is 19.0 Å². The van der Waals surface area contributed by atoms with Gasteiger partial charge in [-0.05, 0) is 12.1 Å². The van der Waals surface area contributed by atoms with Crippen molar-refractivity contribution in [2.24, 2.45) is 0 Å². The average molecular weight is 486 g/mol. The lowest BCUT2D eigenvalue weighted by atomic mass is 10.3. The summed E-state index contributed by atoms with van der Waals surface area (Å²) < 4.78 is 25.4. The van der Waals surface area contributed by atoms with E-state index in [-0.39, 0.29) is 33.4 Å². The Hall–Kier alpha value is -4.66. The Morgan fingerprint density at radius 2 is 2.03 bits per heavy atom. The average Bonchev–Trinajstić information content (AvgIpc) is 3.44. The highest BCUT2D eigenvalue weighted by Gasteiger charge is 2.20. The van der Waals surface area contributed by atoms with Crippen molar-refractivity contribution in [2.75, 3.05) is 23.1 Å². The van der Waals surface area contributed by atoms with Crippen LogP contribution in [0.1, 0.15) is 17.5 Å². The number of aromatic nitrogens is 5. The highest BCUT2D eigenvalue weighted by Crippen LogP contribution is 2.27. The molecule has 4 rings (SSSR count). The summed E-state index contributed by atoms with van der Waals surface area (Å²) in [4.78, 5) is 40.2. The number of rotatable bonds is 7. The maximum atomic E-state index is 14.0. The van der Waals surface area contributed by atoms with Crippen LogP contribution in [0.15, 0.2) is 45.9 Å². The van der Waals surface area contributed by atoms with Crippen molar-refractivity contribution >= 4 is 45.6 Å². The first kappa shape index (κ1) is 22.5. The minimum atomic E-state index is -0.969. The van der Waals surface area contributed by atoms with E-state index in [4.69, 9.17) is 9.15 Å². The molecule has 0 fully saturated rings. The summed E-state index contributed by atoms with van der Waals surface area (Å²) in [6, 6.07) is 5.29. The second-order valence-electron chi connectivity index (χ2n) is 6.46. The Bertz CT molecular complexity index is 1430. The third-order valence-electron chi connectivity index (χ3n) is 4.11. The lowest BCUT2D eigenvalue weighted by Crippen LogP contribution is -2.17. The van der Waals surface area contributed by atoms with Gasteiger partial charge in [0.15, 0.2) is 17.4 Å². The number of nitrogens with one attached hydrogen (secondary N) is 3. The lowest BCUT2D eigenvalue weighted by molar-refractivity contribution is -0.114. The van der Waals surface area contributed by atoms with Crippen LogP contribution in [0.3, 0.4) is 0 Å². The maximum absolute atomic E-state index is 14.0. The van der Waals surface area contributed by atoms with Gasteiger partial charge in [-0.15, -0.1) is 10.2 Å². The van der Waals surface area contributed by atoms with Crippen LogP contribution in [0.2, 0.25) is 0 Å². The van der Waals surface area contributed by atoms with Gasteiger partial charge in [0.1, 0.15) is 5.82 Å². The maximum Gasteiger partial charge on any atom is 0.381 e. The van der Waals surface area contributed by atoms with Crippen LogP contribution in [0.5, 0.6) is 5.75 Å². The molecule has 0 aliphatic heterocycles. The van der Waals surface area contributed by atoms with Gasteiger partial charge in [0.2, 0.25) is 21.9 Å². The third kappa shape index (κ3) is 4.73. The molecule has 0 aromatic carbocycles. The second-order valence-corrected chi connectivity index (χ2v) is 7.41. The number of carbonyl (C=O) groups excluding carboxylic acids is 2. The van der Waals surface area contributed by atoms with Gasteiger partial charge in [-0.3, -0.25) is 14.9 Å². The van der Waals surface area contributed by atoms with E-state index in [0.29, 0.717) is 5.82 Å². The second kappa shape index (κ2) is 9.45. The number of anilines is 4. The topological polar surface area (TPSA) is 166 Å². The Kier molecular flexibility index (Phi) is 6.26. The highest BCUT2D eigenvalue weighted by molar-refractivity contribution is 7.17. The highest BCUT2D eigenvalue weighted by atomic mass is 32.1. The summed E-state index contributed by atoms with van der Waals surface area (Å²) in [6.45, 7) is 1.34. The first-order chi connectivity index (χ1) is 16.4. The van der Waals surface area contributed by atoms with E-state index in [9.17, 15) is 18.8 Å². The molecule has 174 valence electrons. The van der Waals surface area contributed by atoms with Crippen molar-refractivity contribution in [1.82, 2.24) is 25.0 Å². The first-order valence-electron chi connectivity index (χ1n) is 9.42. The van der Waals surface area contributed by atoms with Gasteiger partial charge in [-0.2, -0.15) is 9.78 Å². The van der Waals surface area contributed by atoms with Crippen molar-refractivity contribution in [2.45, 2.75) is 6.92 Å². The molecule has 0 spiro atoms. The fraction of sp³-hybridized carbons (Fsp3) is 0.105. The van der Waals surface area contributed by atoms with E-state index in [2.05, 4.69) is 36.2 Å². The number of halogens is 1. The molecule has 4 aromatic rings. The summed E-state index contributed by atoms with van der Waals surface area (Å²) in [5.41, 5.74) is -1.00. The smallest absolute Gasteiger partial charge is 0.381 e. The number of carbonyl (C=O) groups is 2. The summed E-state index contributed by atoms with van der Waals surface area (Å²) in [6.07, 6.45) is 2.80. The summed E-state index contributed by atoms with van der Waals surface area (Å²) in [5, 5.41) is 19.8. The summed E-state index contributed by atoms with van der Waals surface area (Å²) in [5.74, 6) is -2.30. The normalized spacial score (nSPS) is 10.6. The molecule has 0 aliphatic carbocycles. The Balaban J connectivity index is 1.58. The Labute approximate surface area is 193 Å². The molecule has 0 bridgehead atoms. The minimum Gasteiger partial charge on any atom is -0.488 e. The van der Waals surface area contributed by atoms with E-state index in [0.717, 1.165) is 17.4 Å². The standard InChI is InChI=1S/C19H15FN8O5S/c1-9(29)23-13-5-7-22-28(13)19-27-26-18(34-19)25-16(30)12-8-11(14(32-2)17(31)33-12)24-15-10(20)4-3-6-21-15/h3-8H,1-2H3,(H,21,24)(H,23,29)(H,25,26,30). The van der Waals surface area contributed by atoms with E-state index >= 15 is 0 Å². The molecule has 2 amide bonds. The van der Waals surface area contributed by atoms with Crippen LogP contribution >= 0.6 is 11.3 Å². The molecular weight excluding hydrogens is 471 g/mol. The monoisotopic (exact) mass is 486 g/mol. The summed E-state index contributed by atoms with van der Waals surface area (Å²) in [7, 11) is 1.22. The third-order valence-corrected chi connectivity index (χ3v) is 4.92. The van der Waals surface area contributed by atoms with Crippen molar-refractivity contribution in [3.8, 4) is 10.9 Å². The van der Waals surface area contributed by atoms with Crippen LogP contribution in [0, 0.1) is 5.82 Å². The molecule has 13 nitrogen and oxygen atoms in total. The van der Waals surface area contributed by atoms with Gasteiger partial charge >= 0.3 is 5.63 Å². The van der Waals surface area contributed by atoms with Crippen LogP contribution in [-0.4, -0.2) is 43.9 Å². The van der Waals surface area contributed by atoms with E-state index in [1.165, 1.54) is 43.2 Å². The minimum absolute atomic E-state index is 0.0315. The number of ether oxygens (including phenoxy) is 1. The molecule has 15 heteroatoms. The zero-order chi connectivity index (χ0) is 24.2. The fourth-order valence-corrected chi connectivity index (χ4v) is 3.44. The van der Waals surface area contributed by atoms with Crippen LogP contribution < -0.4 is 26.3 Å². The van der Waals surface area contributed by atoms with Crippen LogP contribution in [-0.2, 0) is 4.79 Å². The first-order valence-corrected chi connectivity index (χ1v) is 10.2. The molecule has 34 heavy (non-hydrogen) atoms. The van der Waals surface area contributed by atoms with Crippen molar-refractivity contribution < 1.29 is 23.1 Å². The molecule has 0 radical (unpaired) electrons. The molecular formula is C19H15FN8O5S. The Morgan fingerprint density at radius 3 is 2.76 bits per heavy atom. The van der Waals surface area contributed by atoms with Crippen LogP contribution in [0.4, 0.5) is 26.8 Å². The number of amides is 2. The molecule has 0 atom stereocenters. The van der Waals surface area contributed by atoms with E-state index in [1.54, 1.807) is 6.07 Å². The van der Waals surface area contributed by atoms with Crippen molar-refractivity contribution in [3.63, 3.8) is 0 Å². The number of hydrogen-bond acceptors (Lipinski definition) is 11. The van der Waals surface area contributed by atoms with Gasteiger partial charge in [-0.25, -0.2) is 14.2 Å². The quantitative estimate of drug-likeness (QED) is 0.352. The largest absolute Gasteiger partial charge is 0.488 e. The van der Waals surface area contributed by atoms with E-state index < -0.39 is 23.1 Å². The SMILES string of the molecule is COc1c(Nc2ncccc2F)cc(C(=O)Nc2nnc(-n3nccc3NC(C)=O)s2)oc1=O. The zero-order valence-electron chi connectivity index (χ0n) is 17.5. The molecule has 3 N–H and O–H groups in total. The predicted octanol–water partition coefficient (Wildman–Crippen LogP) is 2.17. The lowest BCUT2D eigenvalue weighted by Gasteiger charge is -2.11. The molecule has 4 aromatic heterocycles. The van der Waals surface area contributed by atoms with Crippen LogP contribution in [0.25, 0.3) is 5.13 Å². The fourth-order valence-electron chi connectivity index (χ4n) is 2.73. The number of hydrogen-bond donors (Lipinski definition) is 3. The molecule has 0 unspecified atom stereocenters. The predicted molar refractivity (Wildman–Crippen MR) is 118 cm³/mol. The molecule has 0 aliphatic rings. The number of methoxy groups -OCH3 is 1. The van der Waals surface area contributed by atoms with Crippen molar-refractivity contribution in [1.29, 1.82) is 0 Å². The van der Waals surface area contributed by atoms with Gasteiger partial charge in [0.25, 0.3) is 5.91 Å². The number of nitrogens with zero attached hydrogens (tertiary/aromatic N) is 5. The van der Waals surface area contributed by atoms with E-state index in [1.807, 2.05) is 0 Å². The molecule has 4 heterocycles. The van der Waals surface area contributed by atoms with Gasteiger partial charge in [-0.1, -0.05) is 11.3 Å². The van der Waals surface area contributed by atoms with Gasteiger partial charge in [0, 0.05) is 25.3 Å². The number of pyridine rings is 1. The molecule has 0 saturated heterocycles. The molecule has 0 saturated carbocycles. The Morgan fingerprint density at radius 1 is 1.21 bits per heavy atom. The van der Waals surface area contributed by atoms with Gasteiger partial charge < -0.3 is 19.8 Å². The zero-order valence-corrected chi connectivity index (χ0v) is 18.3.